The summed E-state index contributed by atoms with van der Waals surface area (Å²) in [5.74, 6) is -0.718. The summed E-state index contributed by atoms with van der Waals surface area (Å²) in [6.45, 7) is 1.54. The lowest BCUT2D eigenvalue weighted by molar-refractivity contribution is -0.143. The van der Waals surface area contributed by atoms with Gasteiger partial charge in [-0.25, -0.2) is 0 Å². The number of carboxylic acids is 1. The van der Waals surface area contributed by atoms with Crippen molar-refractivity contribution in [3.63, 3.8) is 0 Å². The van der Waals surface area contributed by atoms with Crippen molar-refractivity contribution in [1.29, 1.82) is 0 Å². The first-order chi connectivity index (χ1) is 19.2. The van der Waals surface area contributed by atoms with Crippen LogP contribution in [0.15, 0.2) is 71.3 Å². The fourth-order valence-corrected chi connectivity index (χ4v) is 5.55. The number of para-hydroxylation sites is 1. The Morgan fingerprint density at radius 3 is 2.38 bits per heavy atom. The third kappa shape index (κ3) is 5.31. The molecule has 1 aliphatic heterocycles. The number of carbonyl (C=O) groups is 1. The van der Waals surface area contributed by atoms with Crippen molar-refractivity contribution < 1.29 is 32.3 Å². The number of nitrogens with zero attached hydrogens (tertiary/aromatic N) is 3. The molecule has 0 radical (unpaired) electrons. The molecule has 0 atom stereocenters. The fraction of sp³-hybridized carbons (Fsp3) is 0.300. The van der Waals surface area contributed by atoms with Crippen LogP contribution in [0, 0.1) is 5.92 Å². The van der Waals surface area contributed by atoms with Gasteiger partial charge in [-0.2, -0.15) is 18.2 Å². The van der Waals surface area contributed by atoms with Crippen molar-refractivity contribution in [3.8, 4) is 34.3 Å². The summed E-state index contributed by atoms with van der Waals surface area (Å²) in [7, 11) is 0. The lowest BCUT2D eigenvalue weighted by atomic mass is 9.85. The van der Waals surface area contributed by atoms with Crippen LogP contribution in [0.3, 0.4) is 0 Å². The smallest absolute Gasteiger partial charge is 0.420 e. The van der Waals surface area contributed by atoms with Gasteiger partial charge in [0.1, 0.15) is 11.5 Å². The fourth-order valence-electron chi connectivity index (χ4n) is 5.55. The second-order valence-corrected chi connectivity index (χ2v) is 10.3. The van der Waals surface area contributed by atoms with Gasteiger partial charge in [-0.1, -0.05) is 35.5 Å². The number of benzene rings is 3. The largest absolute Gasteiger partial charge is 0.481 e. The maximum Gasteiger partial charge on any atom is 0.420 e. The summed E-state index contributed by atoms with van der Waals surface area (Å²) in [5.41, 5.74) is 2.23. The van der Waals surface area contributed by atoms with Gasteiger partial charge in [0.2, 0.25) is 5.82 Å². The Kier molecular flexibility index (Phi) is 6.79. The second-order valence-electron chi connectivity index (χ2n) is 10.3. The van der Waals surface area contributed by atoms with Gasteiger partial charge in [0.15, 0.2) is 0 Å². The Morgan fingerprint density at radius 1 is 0.925 bits per heavy atom. The van der Waals surface area contributed by atoms with Crippen LogP contribution in [0.2, 0.25) is 0 Å². The summed E-state index contributed by atoms with van der Waals surface area (Å²) in [6.07, 6.45) is -1.54. The number of ether oxygens (including phenoxy) is 1. The molecule has 40 heavy (non-hydrogen) atoms. The summed E-state index contributed by atoms with van der Waals surface area (Å²) in [4.78, 5) is 18.1. The molecular weight excluding hydrogens is 523 g/mol. The Labute approximate surface area is 228 Å². The Balaban J connectivity index is 1.19. The lowest BCUT2D eigenvalue weighted by Crippen LogP contribution is -2.35. The summed E-state index contributed by atoms with van der Waals surface area (Å²) in [5, 5.41) is 13.3. The van der Waals surface area contributed by atoms with Crippen molar-refractivity contribution in [1.82, 2.24) is 15.0 Å². The highest BCUT2D eigenvalue weighted by Crippen LogP contribution is 2.41. The predicted octanol–water partition coefficient (Wildman–Crippen LogP) is 7.17. The van der Waals surface area contributed by atoms with Gasteiger partial charge < -0.3 is 14.4 Å². The van der Waals surface area contributed by atoms with Crippen molar-refractivity contribution in [2.45, 2.75) is 51.0 Å². The van der Waals surface area contributed by atoms with E-state index in [9.17, 15) is 23.1 Å². The SMILES string of the molecule is O=C(O)C1CCC(N2Cc3ccc(-c4noc(-c5ccc(Oc6ccccc6)c(C(F)(F)F)c5)n4)cc3C2)CC1. The minimum absolute atomic E-state index is 0.0240. The Bertz CT molecular complexity index is 1530. The molecule has 2 heterocycles. The zero-order valence-electron chi connectivity index (χ0n) is 21.4. The maximum atomic E-state index is 13.9. The zero-order chi connectivity index (χ0) is 27.9. The Hall–Kier alpha value is -4.18. The molecule has 1 aliphatic carbocycles. The van der Waals surface area contributed by atoms with Gasteiger partial charge in [-0.15, -0.1) is 0 Å². The topological polar surface area (TPSA) is 88.7 Å². The minimum atomic E-state index is -4.65. The molecule has 0 unspecified atom stereocenters. The van der Waals surface area contributed by atoms with Crippen molar-refractivity contribution in [3.05, 3.63) is 83.4 Å². The van der Waals surface area contributed by atoms with E-state index in [0.29, 0.717) is 30.2 Å². The van der Waals surface area contributed by atoms with Crippen LogP contribution in [0.1, 0.15) is 42.4 Å². The number of aliphatic carboxylic acids is 1. The van der Waals surface area contributed by atoms with Crippen LogP contribution in [0.25, 0.3) is 22.8 Å². The van der Waals surface area contributed by atoms with Crippen LogP contribution in [0.4, 0.5) is 13.2 Å². The molecule has 7 nitrogen and oxygen atoms in total. The average Bonchev–Trinajstić information content (AvgIpc) is 3.61. The highest BCUT2D eigenvalue weighted by molar-refractivity contribution is 5.70. The molecule has 3 aromatic carbocycles. The van der Waals surface area contributed by atoms with Gasteiger partial charge in [0.25, 0.3) is 5.89 Å². The van der Waals surface area contributed by atoms with E-state index in [0.717, 1.165) is 37.6 Å². The number of alkyl halides is 3. The normalized spacial score (nSPS) is 19.4. The lowest BCUT2D eigenvalue weighted by Gasteiger charge is -2.33. The molecule has 0 spiro atoms. The highest BCUT2D eigenvalue weighted by Gasteiger charge is 2.36. The standard InChI is InChI=1S/C30H26F3N3O4/c31-30(32,33)25-15-20(10-13-26(25)39-24-4-2-1-3-5-24)28-34-27(35-40-28)19-6-7-21-16-36(17-22(21)14-19)23-11-8-18(9-12-23)29(37)38/h1-7,10,13-15,18,23H,8-9,11-12,16-17H2,(H,37,38). The molecule has 1 aromatic heterocycles. The van der Waals surface area contributed by atoms with E-state index < -0.39 is 17.7 Å². The van der Waals surface area contributed by atoms with Gasteiger partial charge >= 0.3 is 12.1 Å². The van der Waals surface area contributed by atoms with E-state index in [1.807, 2.05) is 18.2 Å². The molecule has 0 amide bonds. The third-order valence-electron chi connectivity index (χ3n) is 7.70. The van der Waals surface area contributed by atoms with Crippen LogP contribution >= 0.6 is 0 Å². The van der Waals surface area contributed by atoms with E-state index in [1.165, 1.54) is 17.7 Å². The van der Waals surface area contributed by atoms with Crippen LogP contribution < -0.4 is 4.74 Å². The van der Waals surface area contributed by atoms with Gasteiger partial charge in [-0.05, 0) is 73.2 Å². The first-order valence-corrected chi connectivity index (χ1v) is 13.1. The summed E-state index contributed by atoms with van der Waals surface area (Å²) >= 11 is 0. The first-order valence-electron chi connectivity index (χ1n) is 13.1. The monoisotopic (exact) mass is 549 g/mol. The van der Waals surface area contributed by atoms with E-state index in [4.69, 9.17) is 9.26 Å². The molecule has 1 fully saturated rings. The van der Waals surface area contributed by atoms with E-state index in [-0.39, 0.29) is 28.9 Å². The number of carboxylic acid groups (broad SMARTS) is 1. The highest BCUT2D eigenvalue weighted by atomic mass is 19.4. The first kappa shape index (κ1) is 26.1. The number of hydrogen-bond acceptors (Lipinski definition) is 6. The summed E-state index contributed by atoms with van der Waals surface area (Å²) in [6, 6.07) is 18.2. The number of aromatic nitrogens is 2. The summed E-state index contributed by atoms with van der Waals surface area (Å²) < 4.78 is 52.5. The molecule has 4 aromatic rings. The molecule has 6 rings (SSSR count). The van der Waals surface area contributed by atoms with Crippen LogP contribution in [0.5, 0.6) is 11.5 Å². The Morgan fingerprint density at radius 2 is 1.65 bits per heavy atom. The van der Waals surface area contributed by atoms with E-state index in [1.54, 1.807) is 30.3 Å². The zero-order valence-corrected chi connectivity index (χ0v) is 21.4. The minimum Gasteiger partial charge on any atom is -0.481 e. The van der Waals surface area contributed by atoms with Gasteiger partial charge in [0.05, 0.1) is 11.5 Å². The number of hydrogen-bond donors (Lipinski definition) is 1. The maximum absolute atomic E-state index is 13.9. The van der Waals surface area contributed by atoms with Crippen molar-refractivity contribution in [2.75, 3.05) is 0 Å². The van der Waals surface area contributed by atoms with E-state index in [2.05, 4.69) is 15.0 Å². The molecular formula is C30H26F3N3O4. The number of fused-ring (bicyclic) bond motifs is 1. The molecule has 1 N–H and O–H groups in total. The second kappa shape index (κ2) is 10.4. The predicted molar refractivity (Wildman–Crippen MR) is 139 cm³/mol. The van der Waals surface area contributed by atoms with Gasteiger partial charge in [0, 0.05) is 30.3 Å². The molecule has 0 saturated heterocycles. The molecule has 206 valence electrons. The van der Waals surface area contributed by atoms with Crippen LogP contribution in [-0.2, 0) is 24.1 Å². The quantitative estimate of drug-likeness (QED) is 0.273. The number of halogens is 3. The number of rotatable bonds is 6. The average molecular weight is 550 g/mol. The van der Waals surface area contributed by atoms with Crippen molar-refractivity contribution >= 4 is 5.97 Å². The van der Waals surface area contributed by atoms with E-state index >= 15 is 0 Å². The third-order valence-corrected chi connectivity index (χ3v) is 7.70. The van der Waals surface area contributed by atoms with Crippen LogP contribution in [-0.4, -0.2) is 32.2 Å². The molecule has 10 heteroatoms. The molecule has 1 saturated carbocycles. The van der Waals surface area contributed by atoms with Gasteiger partial charge in [-0.3, -0.25) is 9.69 Å². The molecule has 0 bridgehead atoms. The van der Waals surface area contributed by atoms with Crippen molar-refractivity contribution in [2.24, 2.45) is 5.92 Å². The molecule has 2 aliphatic rings.